The van der Waals surface area contributed by atoms with Crippen LogP contribution in [0.25, 0.3) is 11.3 Å². The normalized spacial score (nSPS) is 13.4. The van der Waals surface area contributed by atoms with Crippen LogP contribution in [0.3, 0.4) is 0 Å². The summed E-state index contributed by atoms with van der Waals surface area (Å²) in [5.74, 6) is -0.974. The van der Waals surface area contributed by atoms with Gasteiger partial charge in [-0.2, -0.15) is 0 Å². The highest BCUT2D eigenvalue weighted by Gasteiger charge is 2.25. The third kappa shape index (κ3) is 4.29. The lowest BCUT2D eigenvalue weighted by Crippen LogP contribution is -2.14. The van der Waals surface area contributed by atoms with Gasteiger partial charge in [0.15, 0.2) is 0 Å². The Bertz CT molecular complexity index is 1170. The summed E-state index contributed by atoms with van der Waals surface area (Å²) in [4.78, 5) is 2.26. The van der Waals surface area contributed by atoms with Crippen molar-refractivity contribution in [1.29, 1.82) is 0 Å². The molecule has 0 N–H and O–H groups in total. The molecule has 0 saturated heterocycles. The third-order valence-electron chi connectivity index (χ3n) is 6.17. The van der Waals surface area contributed by atoms with Gasteiger partial charge >= 0.3 is 0 Å². The predicted molar refractivity (Wildman–Crippen MR) is 129 cm³/mol. The van der Waals surface area contributed by atoms with Crippen molar-refractivity contribution < 1.29 is 8.78 Å². The Morgan fingerprint density at radius 3 is 2.31 bits per heavy atom. The number of nitrogens with zero attached hydrogens (tertiary/aromatic N) is 1. The van der Waals surface area contributed by atoms with E-state index >= 15 is 0 Å². The van der Waals surface area contributed by atoms with Gasteiger partial charge in [-0.1, -0.05) is 73.8 Å². The lowest BCUT2D eigenvalue weighted by molar-refractivity contribution is 0.404. The molecule has 0 amide bonds. The zero-order valence-corrected chi connectivity index (χ0v) is 18.4. The molecule has 1 nitrogen and oxygen atoms in total. The van der Waals surface area contributed by atoms with Crippen molar-refractivity contribution >= 4 is 11.3 Å². The van der Waals surface area contributed by atoms with Gasteiger partial charge < -0.3 is 4.90 Å². The first-order chi connectivity index (χ1) is 15.5. The minimum Gasteiger partial charge on any atom is -0.363 e. The molecule has 0 spiro atoms. The van der Waals surface area contributed by atoms with Crippen LogP contribution in [0, 0.1) is 11.6 Å². The van der Waals surface area contributed by atoms with Gasteiger partial charge in [-0.15, -0.1) is 0 Å². The first kappa shape index (κ1) is 21.8. The second-order valence-corrected chi connectivity index (χ2v) is 8.10. The van der Waals surface area contributed by atoms with E-state index in [2.05, 4.69) is 54.5 Å². The van der Waals surface area contributed by atoms with Crippen LogP contribution < -0.4 is 0 Å². The van der Waals surface area contributed by atoms with Gasteiger partial charge in [-0.25, -0.2) is 8.78 Å². The molecular formula is C29H27F2N. The molecular weight excluding hydrogens is 400 g/mol. The van der Waals surface area contributed by atoms with E-state index in [1.165, 1.54) is 29.3 Å². The number of halogens is 2. The lowest BCUT2D eigenvalue weighted by Gasteiger charge is -2.20. The highest BCUT2D eigenvalue weighted by atomic mass is 19.1. The molecule has 1 aliphatic rings. The van der Waals surface area contributed by atoms with Crippen molar-refractivity contribution in [3.8, 4) is 0 Å². The van der Waals surface area contributed by atoms with E-state index in [1.54, 1.807) is 0 Å². The average molecular weight is 428 g/mol. The van der Waals surface area contributed by atoms with Gasteiger partial charge in [-0.05, 0) is 59.7 Å². The molecule has 3 aromatic carbocycles. The molecule has 1 heterocycles. The third-order valence-corrected chi connectivity index (χ3v) is 6.17. The van der Waals surface area contributed by atoms with E-state index < -0.39 is 11.6 Å². The van der Waals surface area contributed by atoms with Gasteiger partial charge in [0.2, 0.25) is 0 Å². The van der Waals surface area contributed by atoms with Gasteiger partial charge in [0.1, 0.15) is 11.6 Å². The van der Waals surface area contributed by atoms with Crippen LogP contribution in [0.15, 0.2) is 86.0 Å². The van der Waals surface area contributed by atoms with E-state index in [0.29, 0.717) is 12.8 Å². The van der Waals surface area contributed by atoms with E-state index in [0.717, 1.165) is 41.1 Å². The Hall–Kier alpha value is -3.46. The van der Waals surface area contributed by atoms with Crippen LogP contribution in [0.1, 0.15) is 40.3 Å². The Kier molecular flexibility index (Phi) is 6.36. The van der Waals surface area contributed by atoms with Gasteiger partial charge in [0, 0.05) is 29.9 Å². The number of fused-ring (bicyclic) bond motifs is 1. The molecule has 0 aromatic heterocycles. The average Bonchev–Trinajstić information content (AvgIpc) is 3.11. The van der Waals surface area contributed by atoms with Crippen molar-refractivity contribution in [3.05, 3.63) is 131 Å². The summed E-state index contributed by atoms with van der Waals surface area (Å²) in [6, 6.07) is 18.7. The first-order valence-corrected chi connectivity index (χ1v) is 10.9. The Morgan fingerprint density at radius 1 is 0.969 bits per heavy atom. The molecule has 0 aliphatic carbocycles. The fourth-order valence-corrected chi connectivity index (χ4v) is 4.43. The number of hydrogen-bond acceptors (Lipinski definition) is 1. The maximum absolute atomic E-state index is 14.1. The monoisotopic (exact) mass is 427 g/mol. The van der Waals surface area contributed by atoms with Crippen LogP contribution >= 0.6 is 0 Å². The number of rotatable bonds is 7. The molecule has 1 aliphatic heterocycles. The standard InChI is InChI=1S/C29H27F2N/c1-4-22(5-2)23-14-12-21(13-15-23)18-32-19-25-9-6-8-24(29(25)20(32)3)16-17-26-27(30)10-7-11-28(26)31/h4-15H,1,3,16-19H2,2H3/b22-5+. The van der Waals surface area contributed by atoms with Crippen molar-refractivity contribution in [2.75, 3.05) is 0 Å². The fraction of sp³-hybridized carbons (Fsp3) is 0.172. The summed E-state index contributed by atoms with van der Waals surface area (Å²) in [6.45, 7) is 11.8. The second-order valence-electron chi connectivity index (χ2n) is 8.10. The number of aryl methyl sites for hydroxylation is 1. The zero-order chi connectivity index (χ0) is 22.7. The molecule has 3 heteroatoms. The van der Waals surface area contributed by atoms with Crippen molar-refractivity contribution in [3.63, 3.8) is 0 Å². The van der Waals surface area contributed by atoms with Gasteiger partial charge in [0.25, 0.3) is 0 Å². The molecule has 162 valence electrons. The van der Waals surface area contributed by atoms with Crippen LogP contribution in [-0.4, -0.2) is 4.90 Å². The Labute approximate surface area is 189 Å². The SMILES string of the molecule is C=C/C(=C\C)c1ccc(CN2Cc3cccc(CCc4c(F)cccc4F)c3C2=C)cc1. The summed E-state index contributed by atoms with van der Waals surface area (Å²) in [7, 11) is 0. The fourth-order valence-electron chi connectivity index (χ4n) is 4.43. The van der Waals surface area contributed by atoms with Crippen molar-refractivity contribution in [2.45, 2.75) is 32.9 Å². The summed E-state index contributed by atoms with van der Waals surface area (Å²) < 4.78 is 28.1. The molecule has 4 rings (SSSR count). The van der Waals surface area contributed by atoms with E-state index in [9.17, 15) is 8.78 Å². The lowest BCUT2D eigenvalue weighted by atomic mass is 9.96. The maximum atomic E-state index is 14.1. The number of hydrogen-bond donors (Lipinski definition) is 0. The minimum absolute atomic E-state index is 0.144. The topological polar surface area (TPSA) is 3.24 Å². The Balaban J connectivity index is 1.50. The highest BCUT2D eigenvalue weighted by Crippen LogP contribution is 2.36. The molecule has 32 heavy (non-hydrogen) atoms. The quantitative estimate of drug-likeness (QED) is 0.357. The zero-order valence-electron chi connectivity index (χ0n) is 18.4. The Morgan fingerprint density at radius 2 is 1.66 bits per heavy atom. The van der Waals surface area contributed by atoms with Gasteiger partial charge in [0.05, 0.1) is 0 Å². The number of allylic oxidation sites excluding steroid dienone is 3. The number of benzene rings is 3. The molecule has 3 aromatic rings. The molecule has 0 atom stereocenters. The largest absolute Gasteiger partial charge is 0.363 e. The van der Waals surface area contributed by atoms with Crippen LogP contribution in [0.4, 0.5) is 8.78 Å². The maximum Gasteiger partial charge on any atom is 0.129 e. The second kappa shape index (κ2) is 9.35. The van der Waals surface area contributed by atoms with Crippen LogP contribution in [-0.2, 0) is 25.9 Å². The predicted octanol–water partition coefficient (Wildman–Crippen LogP) is 7.33. The smallest absolute Gasteiger partial charge is 0.129 e. The molecule has 0 saturated carbocycles. The summed E-state index contributed by atoms with van der Waals surface area (Å²) in [5, 5.41) is 0. The minimum atomic E-state index is -0.487. The molecule has 0 unspecified atom stereocenters. The first-order valence-electron chi connectivity index (χ1n) is 10.9. The molecule has 0 fully saturated rings. The van der Waals surface area contributed by atoms with E-state index in [4.69, 9.17) is 0 Å². The van der Waals surface area contributed by atoms with Crippen LogP contribution in [0.5, 0.6) is 0 Å². The molecule has 0 radical (unpaired) electrons. The summed E-state index contributed by atoms with van der Waals surface area (Å²) in [5.41, 5.74) is 7.99. The molecule has 0 bridgehead atoms. The van der Waals surface area contributed by atoms with Crippen LogP contribution in [0.2, 0.25) is 0 Å². The summed E-state index contributed by atoms with van der Waals surface area (Å²) >= 11 is 0. The van der Waals surface area contributed by atoms with E-state index in [-0.39, 0.29) is 5.56 Å². The summed E-state index contributed by atoms with van der Waals surface area (Å²) in [6.07, 6.45) is 4.80. The van der Waals surface area contributed by atoms with Crippen molar-refractivity contribution in [1.82, 2.24) is 4.90 Å². The van der Waals surface area contributed by atoms with Crippen molar-refractivity contribution in [2.24, 2.45) is 0 Å². The highest BCUT2D eigenvalue weighted by molar-refractivity contribution is 5.74. The van der Waals surface area contributed by atoms with Gasteiger partial charge in [-0.3, -0.25) is 0 Å². The van der Waals surface area contributed by atoms with E-state index in [1.807, 2.05) is 25.1 Å².